The minimum Gasteiger partial charge on any atom is -0.493 e. The first-order chi connectivity index (χ1) is 7.65. The Hall–Kier alpha value is -2.02. The number of aromatic carboxylic acids is 1. The van der Waals surface area contributed by atoms with E-state index >= 15 is 0 Å². The van der Waals surface area contributed by atoms with Crippen molar-refractivity contribution in [1.29, 1.82) is 5.26 Å². The first-order valence-electron chi connectivity index (χ1n) is 4.99. The van der Waals surface area contributed by atoms with Gasteiger partial charge in [0.25, 0.3) is 0 Å². The molecule has 4 nitrogen and oxygen atoms in total. The molecule has 0 aliphatic rings. The highest BCUT2D eigenvalue weighted by Gasteiger charge is 2.10. The second-order valence-electron chi connectivity index (χ2n) is 3.41. The molecule has 1 N–H and O–H groups in total. The van der Waals surface area contributed by atoms with Crippen LogP contribution in [0.15, 0.2) is 18.2 Å². The molecule has 0 atom stereocenters. The molecule has 0 aliphatic heterocycles. The van der Waals surface area contributed by atoms with Crippen molar-refractivity contribution in [1.82, 2.24) is 0 Å². The molecular weight excluding hydrogens is 206 g/mol. The van der Waals surface area contributed by atoms with E-state index in [4.69, 9.17) is 15.1 Å². The maximum atomic E-state index is 10.9. The van der Waals surface area contributed by atoms with E-state index < -0.39 is 5.97 Å². The molecule has 4 heteroatoms. The second kappa shape index (κ2) is 5.76. The smallest absolute Gasteiger partial charge is 0.339 e. The van der Waals surface area contributed by atoms with Crippen molar-refractivity contribution in [2.75, 3.05) is 6.61 Å². The fraction of sp³-hybridized carbons (Fsp3) is 0.333. The number of ether oxygens (including phenoxy) is 1. The highest BCUT2D eigenvalue weighted by atomic mass is 16.5. The van der Waals surface area contributed by atoms with Crippen molar-refractivity contribution < 1.29 is 14.6 Å². The van der Waals surface area contributed by atoms with Gasteiger partial charge in [-0.05, 0) is 25.5 Å². The number of carboxylic acid groups (broad SMARTS) is 1. The standard InChI is InChI=1S/C12H13NO3/c1-9-4-5-11(10(8-9)12(14)15)16-7-3-2-6-13/h4-5,8H,2-3,7H2,1H3,(H,14,15). The summed E-state index contributed by atoms with van der Waals surface area (Å²) in [5.74, 6) is -0.643. The number of nitriles is 1. The van der Waals surface area contributed by atoms with Crippen LogP contribution < -0.4 is 4.74 Å². The minimum absolute atomic E-state index is 0.164. The molecule has 0 fully saturated rings. The average Bonchev–Trinajstić information content (AvgIpc) is 2.26. The summed E-state index contributed by atoms with van der Waals surface area (Å²) in [6, 6.07) is 7.02. The zero-order chi connectivity index (χ0) is 12.0. The van der Waals surface area contributed by atoms with Crippen molar-refractivity contribution in [3.05, 3.63) is 29.3 Å². The Labute approximate surface area is 94.1 Å². The van der Waals surface area contributed by atoms with Crippen molar-refractivity contribution >= 4 is 5.97 Å². The fourth-order valence-electron chi connectivity index (χ4n) is 1.27. The second-order valence-corrected chi connectivity index (χ2v) is 3.41. The number of unbranched alkanes of at least 4 members (excludes halogenated alkanes) is 1. The molecule has 0 aromatic heterocycles. The lowest BCUT2D eigenvalue weighted by Gasteiger charge is -2.08. The van der Waals surface area contributed by atoms with Crippen LogP contribution in [0.2, 0.25) is 0 Å². The highest BCUT2D eigenvalue weighted by molar-refractivity contribution is 5.91. The first-order valence-corrected chi connectivity index (χ1v) is 4.99. The van der Waals surface area contributed by atoms with E-state index in [1.807, 2.05) is 13.0 Å². The zero-order valence-corrected chi connectivity index (χ0v) is 9.06. The molecule has 0 saturated heterocycles. The number of hydrogen-bond acceptors (Lipinski definition) is 3. The summed E-state index contributed by atoms with van der Waals surface area (Å²) in [6.45, 7) is 2.18. The summed E-state index contributed by atoms with van der Waals surface area (Å²) >= 11 is 0. The van der Waals surface area contributed by atoms with Gasteiger partial charge in [-0.15, -0.1) is 0 Å². The summed E-state index contributed by atoms with van der Waals surface area (Å²) in [4.78, 5) is 10.9. The lowest BCUT2D eigenvalue weighted by Crippen LogP contribution is -2.04. The van der Waals surface area contributed by atoms with Crippen molar-refractivity contribution in [2.24, 2.45) is 0 Å². The Kier molecular flexibility index (Phi) is 4.34. The lowest BCUT2D eigenvalue weighted by molar-refractivity contribution is 0.0692. The number of rotatable bonds is 5. The molecule has 0 saturated carbocycles. The third kappa shape index (κ3) is 3.28. The molecule has 0 heterocycles. The number of hydrogen-bond donors (Lipinski definition) is 1. The van der Waals surface area contributed by atoms with E-state index in [9.17, 15) is 4.79 Å². The SMILES string of the molecule is Cc1ccc(OCCCC#N)c(C(=O)O)c1. The Morgan fingerprint density at radius 3 is 2.94 bits per heavy atom. The molecule has 0 aliphatic carbocycles. The molecular formula is C12H13NO3. The van der Waals surface area contributed by atoms with Crippen LogP contribution >= 0.6 is 0 Å². The number of benzene rings is 1. The van der Waals surface area contributed by atoms with Crippen LogP contribution in [-0.4, -0.2) is 17.7 Å². The molecule has 1 aromatic rings. The molecule has 0 spiro atoms. The minimum atomic E-state index is -1.00. The third-order valence-corrected chi connectivity index (χ3v) is 2.06. The van der Waals surface area contributed by atoms with Crippen LogP contribution in [-0.2, 0) is 0 Å². The molecule has 84 valence electrons. The Morgan fingerprint density at radius 2 is 2.31 bits per heavy atom. The normalized spacial score (nSPS) is 9.50. The van der Waals surface area contributed by atoms with Crippen LogP contribution in [0.5, 0.6) is 5.75 Å². The van der Waals surface area contributed by atoms with Gasteiger partial charge in [-0.2, -0.15) is 5.26 Å². The van der Waals surface area contributed by atoms with Gasteiger partial charge in [-0.25, -0.2) is 4.79 Å². The molecule has 1 rings (SSSR count). The van der Waals surface area contributed by atoms with Crippen LogP contribution in [0.25, 0.3) is 0 Å². The van der Waals surface area contributed by atoms with Crippen LogP contribution in [0.3, 0.4) is 0 Å². The van der Waals surface area contributed by atoms with E-state index in [2.05, 4.69) is 0 Å². The van der Waals surface area contributed by atoms with Crippen LogP contribution in [0.4, 0.5) is 0 Å². The number of aryl methyl sites for hydroxylation is 1. The van der Waals surface area contributed by atoms with Gasteiger partial charge in [0.05, 0.1) is 12.7 Å². The summed E-state index contributed by atoms with van der Waals surface area (Å²) in [5.41, 5.74) is 1.04. The van der Waals surface area contributed by atoms with Gasteiger partial charge >= 0.3 is 5.97 Å². The van der Waals surface area contributed by atoms with E-state index in [0.29, 0.717) is 25.2 Å². The Balaban J connectivity index is 2.72. The molecule has 0 unspecified atom stereocenters. The predicted molar refractivity (Wildman–Crippen MR) is 58.5 cm³/mol. The van der Waals surface area contributed by atoms with Crippen molar-refractivity contribution in [3.63, 3.8) is 0 Å². The quantitative estimate of drug-likeness (QED) is 0.772. The fourth-order valence-corrected chi connectivity index (χ4v) is 1.27. The summed E-state index contributed by atoms with van der Waals surface area (Å²) < 4.78 is 5.32. The number of carboxylic acids is 1. The maximum absolute atomic E-state index is 10.9. The average molecular weight is 219 g/mol. The predicted octanol–water partition coefficient (Wildman–Crippen LogP) is 2.38. The van der Waals surface area contributed by atoms with Gasteiger partial charge in [0, 0.05) is 6.42 Å². The third-order valence-electron chi connectivity index (χ3n) is 2.06. The number of carbonyl (C=O) groups is 1. The van der Waals surface area contributed by atoms with Gasteiger partial charge in [0.2, 0.25) is 0 Å². The Bertz CT molecular complexity index is 421. The lowest BCUT2D eigenvalue weighted by atomic mass is 10.1. The summed E-state index contributed by atoms with van der Waals surface area (Å²) in [5, 5.41) is 17.3. The topological polar surface area (TPSA) is 70.3 Å². The van der Waals surface area contributed by atoms with E-state index in [1.54, 1.807) is 18.2 Å². The largest absolute Gasteiger partial charge is 0.493 e. The molecule has 16 heavy (non-hydrogen) atoms. The summed E-state index contributed by atoms with van der Waals surface area (Å²) in [7, 11) is 0. The molecule has 0 amide bonds. The van der Waals surface area contributed by atoms with Gasteiger partial charge < -0.3 is 9.84 Å². The van der Waals surface area contributed by atoms with Crippen molar-refractivity contribution in [3.8, 4) is 11.8 Å². The van der Waals surface area contributed by atoms with Gasteiger partial charge in [-0.1, -0.05) is 11.6 Å². The molecule has 0 bridgehead atoms. The van der Waals surface area contributed by atoms with Gasteiger partial charge in [-0.3, -0.25) is 0 Å². The highest BCUT2D eigenvalue weighted by Crippen LogP contribution is 2.20. The van der Waals surface area contributed by atoms with Gasteiger partial charge in [0.1, 0.15) is 11.3 Å². The monoisotopic (exact) mass is 219 g/mol. The molecule has 0 radical (unpaired) electrons. The van der Waals surface area contributed by atoms with Crippen molar-refractivity contribution in [2.45, 2.75) is 19.8 Å². The van der Waals surface area contributed by atoms with Crippen LogP contribution in [0, 0.1) is 18.3 Å². The summed E-state index contributed by atoms with van der Waals surface area (Å²) in [6.07, 6.45) is 1.01. The van der Waals surface area contributed by atoms with Gasteiger partial charge in [0.15, 0.2) is 0 Å². The number of nitrogens with zero attached hydrogens (tertiary/aromatic N) is 1. The van der Waals surface area contributed by atoms with E-state index in [1.165, 1.54) is 0 Å². The van der Waals surface area contributed by atoms with Crippen LogP contribution in [0.1, 0.15) is 28.8 Å². The zero-order valence-electron chi connectivity index (χ0n) is 9.06. The van der Waals surface area contributed by atoms with E-state index in [-0.39, 0.29) is 5.56 Å². The Morgan fingerprint density at radius 1 is 1.56 bits per heavy atom. The maximum Gasteiger partial charge on any atom is 0.339 e. The first kappa shape index (κ1) is 12.1. The molecule has 1 aromatic carbocycles. The van der Waals surface area contributed by atoms with E-state index in [0.717, 1.165) is 5.56 Å².